The lowest BCUT2D eigenvalue weighted by molar-refractivity contribution is 0.739. The highest BCUT2D eigenvalue weighted by molar-refractivity contribution is 7.98. The number of nitrogens with two attached hydrogens (primary N) is 1. The molecule has 0 aliphatic carbocycles. The van der Waals surface area contributed by atoms with Crippen LogP contribution in [0.4, 0.5) is 5.82 Å². The summed E-state index contributed by atoms with van der Waals surface area (Å²) in [4.78, 5) is 6.74. The molecule has 4 rings (SSSR count). The number of rotatable bonds is 4. The first-order chi connectivity index (χ1) is 12.1. The number of nitrogens with zero attached hydrogens (tertiary/aromatic N) is 6. The Morgan fingerprint density at radius 2 is 2.04 bits per heavy atom. The van der Waals surface area contributed by atoms with Gasteiger partial charge < -0.3 is 5.73 Å². The van der Waals surface area contributed by atoms with E-state index in [1.807, 2.05) is 32.0 Å². The van der Waals surface area contributed by atoms with Gasteiger partial charge in [0.25, 0.3) is 0 Å². The van der Waals surface area contributed by atoms with Crippen molar-refractivity contribution < 1.29 is 0 Å². The van der Waals surface area contributed by atoms with Gasteiger partial charge >= 0.3 is 0 Å². The van der Waals surface area contributed by atoms with Crippen LogP contribution in [0.1, 0.15) is 17.0 Å². The zero-order valence-corrected chi connectivity index (χ0v) is 14.6. The van der Waals surface area contributed by atoms with Crippen LogP contribution in [-0.4, -0.2) is 35.4 Å². The fraction of sp³-hybridized carbons (Fsp3) is 0.188. The van der Waals surface area contributed by atoms with Gasteiger partial charge in [0.1, 0.15) is 11.3 Å². The molecular weight excluding hydrogens is 336 g/mol. The summed E-state index contributed by atoms with van der Waals surface area (Å²) in [6.45, 7) is 4.01. The minimum atomic E-state index is 0.420. The van der Waals surface area contributed by atoms with Gasteiger partial charge in [-0.25, -0.2) is 4.98 Å². The molecule has 0 saturated heterocycles. The summed E-state index contributed by atoms with van der Waals surface area (Å²) < 4.78 is 0. The van der Waals surface area contributed by atoms with Crippen LogP contribution in [0.15, 0.2) is 35.2 Å². The average molecular weight is 352 g/mol. The Kier molecular flexibility index (Phi) is 3.85. The van der Waals surface area contributed by atoms with E-state index >= 15 is 0 Å². The number of aromatic nitrogens is 7. The Balaban J connectivity index is 1.60. The average Bonchev–Trinajstić information content (AvgIpc) is 3.19. The van der Waals surface area contributed by atoms with Crippen LogP contribution in [0.3, 0.4) is 0 Å². The molecule has 0 fully saturated rings. The summed E-state index contributed by atoms with van der Waals surface area (Å²) >= 11 is 1.59. The highest BCUT2D eigenvalue weighted by Gasteiger charge is 2.13. The Hall–Kier alpha value is -2.94. The summed E-state index contributed by atoms with van der Waals surface area (Å²) in [5.74, 6) is 1.08. The van der Waals surface area contributed by atoms with E-state index in [9.17, 15) is 0 Å². The van der Waals surface area contributed by atoms with Gasteiger partial charge in [-0.15, -0.1) is 16.9 Å². The van der Waals surface area contributed by atoms with Gasteiger partial charge in [-0.2, -0.15) is 25.3 Å². The Labute approximate surface area is 147 Å². The maximum atomic E-state index is 5.84. The number of hydrogen-bond acceptors (Lipinski definition) is 7. The zero-order valence-electron chi connectivity index (χ0n) is 13.8. The Morgan fingerprint density at radius 3 is 2.88 bits per heavy atom. The van der Waals surface area contributed by atoms with E-state index in [-0.39, 0.29) is 0 Å². The number of pyridine rings is 1. The monoisotopic (exact) mass is 352 g/mol. The number of nitrogen functional groups attached to an aromatic ring is 1. The van der Waals surface area contributed by atoms with E-state index < -0.39 is 0 Å². The van der Waals surface area contributed by atoms with Crippen LogP contribution >= 0.6 is 11.8 Å². The molecule has 9 heteroatoms. The lowest BCUT2D eigenvalue weighted by Crippen LogP contribution is -1.99. The van der Waals surface area contributed by atoms with Crippen molar-refractivity contribution in [1.29, 1.82) is 0 Å². The summed E-state index contributed by atoms with van der Waals surface area (Å²) in [6.07, 6.45) is 0. The lowest BCUT2D eigenvalue weighted by Gasteiger charge is -2.02. The van der Waals surface area contributed by atoms with Crippen LogP contribution in [0.5, 0.6) is 0 Å². The summed E-state index contributed by atoms with van der Waals surface area (Å²) in [5, 5.41) is 19.9. The second-order valence-corrected chi connectivity index (χ2v) is 6.71. The SMILES string of the molecule is Cc1cccc(-n2nc(C)c(CSc3cc(N)nc4n[nH]nc34)n2)c1. The maximum Gasteiger partial charge on any atom is 0.204 e. The molecule has 0 radical (unpaired) electrons. The summed E-state index contributed by atoms with van der Waals surface area (Å²) in [6, 6.07) is 9.90. The van der Waals surface area contributed by atoms with Crippen LogP contribution in [0.2, 0.25) is 0 Å². The topological polar surface area (TPSA) is 111 Å². The smallest absolute Gasteiger partial charge is 0.204 e. The van der Waals surface area contributed by atoms with Gasteiger partial charge in [0, 0.05) is 10.6 Å². The van der Waals surface area contributed by atoms with E-state index in [0.717, 1.165) is 22.0 Å². The number of aryl methyl sites for hydroxylation is 2. The van der Waals surface area contributed by atoms with Crippen molar-refractivity contribution in [1.82, 2.24) is 35.4 Å². The molecule has 8 nitrogen and oxygen atoms in total. The molecule has 0 spiro atoms. The predicted molar refractivity (Wildman–Crippen MR) is 96.5 cm³/mol. The van der Waals surface area contributed by atoms with Crippen molar-refractivity contribution in [2.45, 2.75) is 24.5 Å². The quantitative estimate of drug-likeness (QED) is 0.543. The molecule has 3 heterocycles. The first-order valence-corrected chi connectivity index (χ1v) is 8.68. The largest absolute Gasteiger partial charge is 0.384 e. The normalized spacial score (nSPS) is 11.3. The van der Waals surface area contributed by atoms with Gasteiger partial charge in [-0.05, 0) is 37.6 Å². The molecule has 0 unspecified atom stereocenters. The highest BCUT2D eigenvalue weighted by atomic mass is 32.2. The van der Waals surface area contributed by atoms with Crippen molar-refractivity contribution >= 4 is 28.7 Å². The van der Waals surface area contributed by atoms with Gasteiger partial charge in [0.15, 0.2) is 0 Å². The molecule has 0 atom stereocenters. The third-order valence-electron chi connectivity index (χ3n) is 3.75. The second-order valence-electron chi connectivity index (χ2n) is 5.69. The number of benzene rings is 1. The van der Waals surface area contributed by atoms with Crippen LogP contribution < -0.4 is 5.73 Å². The van der Waals surface area contributed by atoms with E-state index in [1.54, 1.807) is 22.6 Å². The molecule has 3 aromatic heterocycles. The molecule has 0 amide bonds. The van der Waals surface area contributed by atoms with Crippen molar-refractivity contribution in [3.05, 3.63) is 47.3 Å². The number of hydrogen-bond donors (Lipinski definition) is 2. The minimum absolute atomic E-state index is 0.420. The van der Waals surface area contributed by atoms with E-state index in [4.69, 9.17) is 5.73 Å². The molecule has 0 aliphatic heterocycles. The Bertz CT molecular complexity index is 1050. The molecule has 0 bridgehead atoms. The van der Waals surface area contributed by atoms with Crippen molar-refractivity contribution in [3.8, 4) is 5.69 Å². The zero-order chi connectivity index (χ0) is 17.4. The van der Waals surface area contributed by atoms with Crippen molar-refractivity contribution in [2.75, 3.05) is 5.73 Å². The number of H-pyrrole nitrogens is 1. The fourth-order valence-electron chi connectivity index (χ4n) is 2.49. The Morgan fingerprint density at radius 1 is 1.16 bits per heavy atom. The molecule has 25 heavy (non-hydrogen) atoms. The first-order valence-electron chi connectivity index (χ1n) is 7.70. The van der Waals surface area contributed by atoms with E-state index in [1.165, 1.54) is 5.56 Å². The number of anilines is 1. The van der Waals surface area contributed by atoms with E-state index in [0.29, 0.717) is 22.7 Å². The molecule has 0 aliphatic rings. The molecule has 4 aromatic rings. The molecule has 1 aromatic carbocycles. The second kappa shape index (κ2) is 6.17. The predicted octanol–water partition coefficient (Wildman–Crippen LogP) is 2.42. The third kappa shape index (κ3) is 3.05. The first kappa shape index (κ1) is 15.6. The highest BCUT2D eigenvalue weighted by Crippen LogP contribution is 2.29. The van der Waals surface area contributed by atoms with E-state index in [2.05, 4.69) is 36.7 Å². The van der Waals surface area contributed by atoms with Crippen molar-refractivity contribution in [3.63, 3.8) is 0 Å². The van der Waals surface area contributed by atoms with Crippen LogP contribution in [0.25, 0.3) is 16.9 Å². The number of aromatic amines is 1. The number of nitrogens with one attached hydrogen (secondary N) is 1. The van der Waals surface area contributed by atoms with Gasteiger partial charge in [-0.3, -0.25) is 0 Å². The summed E-state index contributed by atoms with van der Waals surface area (Å²) in [7, 11) is 0. The van der Waals surface area contributed by atoms with Gasteiger partial charge in [0.05, 0.1) is 17.1 Å². The summed E-state index contributed by atoms with van der Waals surface area (Å²) in [5.41, 5.74) is 11.0. The fourth-order valence-corrected chi connectivity index (χ4v) is 3.53. The van der Waals surface area contributed by atoms with Gasteiger partial charge in [0.2, 0.25) is 5.65 Å². The van der Waals surface area contributed by atoms with Gasteiger partial charge in [-0.1, -0.05) is 12.1 Å². The molecule has 3 N–H and O–H groups in total. The van der Waals surface area contributed by atoms with Crippen LogP contribution in [0, 0.1) is 13.8 Å². The molecule has 126 valence electrons. The van der Waals surface area contributed by atoms with Crippen molar-refractivity contribution in [2.24, 2.45) is 0 Å². The maximum absolute atomic E-state index is 5.84. The molecular formula is C16H16N8S. The lowest BCUT2D eigenvalue weighted by atomic mass is 10.2. The van der Waals surface area contributed by atoms with Crippen LogP contribution in [-0.2, 0) is 5.75 Å². The number of fused-ring (bicyclic) bond motifs is 1. The molecule has 0 saturated carbocycles. The third-order valence-corrected chi connectivity index (χ3v) is 4.79. The minimum Gasteiger partial charge on any atom is -0.384 e. The number of thioether (sulfide) groups is 1. The standard InChI is InChI=1S/C16H16N8S/c1-9-4-3-5-11(6-9)24-21-10(2)12(22-24)8-25-13-7-14(17)18-16-15(13)19-23-20-16/h3-7H,8H2,1-2H3,(H3,17,18,19,20,23).